The van der Waals surface area contributed by atoms with E-state index in [1.165, 1.54) is 24.8 Å². The molecule has 0 aliphatic heterocycles. The molecule has 0 radical (unpaired) electrons. The van der Waals surface area contributed by atoms with Gasteiger partial charge in [0.05, 0.1) is 5.57 Å². The Morgan fingerprint density at radius 3 is 2.33 bits per heavy atom. The SMILES string of the molecule is Cc1ccc(C(C(=O)C(C)C)=C2CCCCC2)o1. The minimum atomic E-state index is 0.0276. The van der Waals surface area contributed by atoms with Crippen molar-refractivity contribution >= 4 is 11.4 Å². The number of ketones is 1. The van der Waals surface area contributed by atoms with E-state index in [2.05, 4.69) is 0 Å². The first kappa shape index (κ1) is 13.1. The molecule has 2 heteroatoms. The molecule has 1 heterocycles. The van der Waals surface area contributed by atoms with Crippen molar-refractivity contribution in [1.82, 2.24) is 0 Å². The molecule has 1 aromatic heterocycles. The zero-order valence-electron chi connectivity index (χ0n) is 11.6. The first-order chi connectivity index (χ1) is 8.59. The summed E-state index contributed by atoms with van der Waals surface area (Å²) in [5, 5.41) is 0. The van der Waals surface area contributed by atoms with Crippen LogP contribution in [-0.4, -0.2) is 5.78 Å². The van der Waals surface area contributed by atoms with Gasteiger partial charge in [0.1, 0.15) is 11.5 Å². The van der Waals surface area contributed by atoms with Gasteiger partial charge in [0.25, 0.3) is 0 Å². The minimum Gasteiger partial charge on any atom is -0.461 e. The van der Waals surface area contributed by atoms with Crippen LogP contribution in [0.5, 0.6) is 0 Å². The van der Waals surface area contributed by atoms with E-state index < -0.39 is 0 Å². The van der Waals surface area contributed by atoms with Gasteiger partial charge >= 0.3 is 0 Å². The molecule has 0 atom stereocenters. The average Bonchev–Trinajstić information content (AvgIpc) is 2.77. The second kappa shape index (κ2) is 5.55. The Hall–Kier alpha value is -1.31. The zero-order valence-corrected chi connectivity index (χ0v) is 11.6. The molecule has 1 aromatic rings. The van der Waals surface area contributed by atoms with Crippen molar-refractivity contribution in [2.24, 2.45) is 5.92 Å². The predicted octanol–water partition coefficient (Wildman–Crippen LogP) is 4.53. The number of aryl methyl sites for hydroxylation is 1. The third kappa shape index (κ3) is 2.74. The van der Waals surface area contributed by atoms with Gasteiger partial charge in [-0.25, -0.2) is 0 Å². The van der Waals surface area contributed by atoms with Gasteiger partial charge in [-0.05, 0) is 44.7 Å². The monoisotopic (exact) mass is 246 g/mol. The van der Waals surface area contributed by atoms with Crippen LogP contribution in [0.3, 0.4) is 0 Å². The van der Waals surface area contributed by atoms with Crippen molar-refractivity contribution in [2.75, 3.05) is 0 Å². The number of rotatable bonds is 3. The Bertz CT molecular complexity index is 455. The molecule has 98 valence electrons. The van der Waals surface area contributed by atoms with Gasteiger partial charge in [-0.2, -0.15) is 0 Å². The third-order valence-corrected chi connectivity index (χ3v) is 3.57. The molecule has 1 saturated carbocycles. The maximum absolute atomic E-state index is 12.4. The van der Waals surface area contributed by atoms with Crippen molar-refractivity contribution in [2.45, 2.75) is 52.9 Å². The fourth-order valence-electron chi connectivity index (χ4n) is 2.56. The number of carbonyl (C=O) groups is 1. The molecule has 0 bridgehead atoms. The molecule has 18 heavy (non-hydrogen) atoms. The van der Waals surface area contributed by atoms with Crippen molar-refractivity contribution in [3.05, 3.63) is 29.2 Å². The van der Waals surface area contributed by atoms with E-state index in [1.54, 1.807) is 0 Å². The Balaban J connectivity index is 2.43. The summed E-state index contributed by atoms with van der Waals surface area (Å²) in [5.74, 6) is 1.89. The first-order valence-electron chi connectivity index (χ1n) is 6.92. The molecule has 0 aromatic carbocycles. The van der Waals surface area contributed by atoms with E-state index in [4.69, 9.17) is 4.42 Å². The average molecular weight is 246 g/mol. The summed E-state index contributed by atoms with van der Waals surface area (Å²) in [7, 11) is 0. The molecule has 1 aliphatic rings. The van der Waals surface area contributed by atoms with Gasteiger partial charge in [-0.3, -0.25) is 4.79 Å². The largest absolute Gasteiger partial charge is 0.461 e. The summed E-state index contributed by atoms with van der Waals surface area (Å²) >= 11 is 0. The van der Waals surface area contributed by atoms with Crippen molar-refractivity contribution in [3.63, 3.8) is 0 Å². The molecule has 0 saturated heterocycles. The molecule has 0 unspecified atom stereocenters. The third-order valence-electron chi connectivity index (χ3n) is 3.57. The summed E-state index contributed by atoms with van der Waals surface area (Å²) in [4.78, 5) is 12.4. The lowest BCUT2D eigenvalue weighted by Crippen LogP contribution is -2.12. The fourth-order valence-corrected chi connectivity index (χ4v) is 2.56. The van der Waals surface area contributed by atoms with Crippen LogP contribution in [0.25, 0.3) is 5.57 Å². The molecule has 1 fully saturated rings. The highest BCUT2D eigenvalue weighted by molar-refractivity contribution is 6.21. The van der Waals surface area contributed by atoms with Gasteiger partial charge < -0.3 is 4.42 Å². The van der Waals surface area contributed by atoms with Crippen molar-refractivity contribution in [3.8, 4) is 0 Å². The van der Waals surface area contributed by atoms with E-state index >= 15 is 0 Å². The minimum absolute atomic E-state index is 0.0276. The summed E-state index contributed by atoms with van der Waals surface area (Å²) in [5.41, 5.74) is 2.16. The van der Waals surface area contributed by atoms with Crippen LogP contribution < -0.4 is 0 Å². The summed E-state index contributed by atoms with van der Waals surface area (Å²) < 4.78 is 5.69. The van der Waals surface area contributed by atoms with Crippen molar-refractivity contribution < 1.29 is 9.21 Å². The molecule has 0 spiro atoms. The molecule has 1 aliphatic carbocycles. The lowest BCUT2D eigenvalue weighted by Gasteiger charge is -2.18. The molecule has 2 rings (SSSR count). The molecule has 0 amide bonds. The molecule has 0 N–H and O–H groups in total. The van der Waals surface area contributed by atoms with E-state index in [9.17, 15) is 4.79 Å². The van der Waals surface area contributed by atoms with E-state index in [0.29, 0.717) is 0 Å². The molecular weight excluding hydrogens is 224 g/mol. The van der Waals surface area contributed by atoms with Crippen LogP contribution >= 0.6 is 0 Å². The number of hydrogen-bond acceptors (Lipinski definition) is 2. The molecule has 2 nitrogen and oxygen atoms in total. The summed E-state index contributed by atoms with van der Waals surface area (Å²) in [6, 6.07) is 3.87. The van der Waals surface area contributed by atoms with E-state index in [1.807, 2.05) is 32.9 Å². The van der Waals surface area contributed by atoms with Crippen LogP contribution in [0.1, 0.15) is 57.5 Å². The first-order valence-corrected chi connectivity index (χ1v) is 6.92. The molecular formula is C16H22O2. The Labute approximate surface area is 109 Å². The number of carbonyl (C=O) groups excluding carboxylic acids is 1. The summed E-state index contributed by atoms with van der Waals surface area (Å²) in [6.45, 7) is 5.84. The number of furan rings is 1. The Kier molecular flexibility index (Phi) is 4.05. The van der Waals surface area contributed by atoms with Crippen LogP contribution in [0.2, 0.25) is 0 Å². The highest BCUT2D eigenvalue weighted by atomic mass is 16.3. The quantitative estimate of drug-likeness (QED) is 0.733. The Morgan fingerprint density at radius 1 is 1.17 bits per heavy atom. The lowest BCUT2D eigenvalue weighted by atomic mass is 9.86. The second-order valence-electron chi connectivity index (χ2n) is 5.47. The van der Waals surface area contributed by atoms with Gasteiger partial charge in [0.2, 0.25) is 0 Å². The lowest BCUT2D eigenvalue weighted by molar-refractivity contribution is -0.116. The van der Waals surface area contributed by atoms with Gasteiger partial charge in [0.15, 0.2) is 5.78 Å². The summed E-state index contributed by atoms with van der Waals surface area (Å²) in [6.07, 6.45) is 5.78. The highest BCUT2D eigenvalue weighted by Gasteiger charge is 2.23. The maximum atomic E-state index is 12.4. The van der Waals surface area contributed by atoms with Crippen molar-refractivity contribution in [1.29, 1.82) is 0 Å². The van der Waals surface area contributed by atoms with Gasteiger partial charge in [-0.15, -0.1) is 0 Å². The smallest absolute Gasteiger partial charge is 0.169 e. The van der Waals surface area contributed by atoms with E-state index in [-0.39, 0.29) is 11.7 Å². The highest BCUT2D eigenvalue weighted by Crippen LogP contribution is 2.33. The fraction of sp³-hybridized carbons (Fsp3) is 0.562. The number of allylic oxidation sites excluding steroid dienone is 2. The Morgan fingerprint density at radius 2 is 1.83 bits per heavy atom. The van der Waals surface area contributed by atoms with Gasteiger partial charge in [0, 0.05) is 5.92 Å². The van der Waals surface area contributed by atoms with Crippen LogP contribution in [0, 0.1) is 12.8 Å². The normalized spacial score (nSPS) is 16.1. The zero-order chi connectivity index (χ0) is 13.1. The standard InChI is InChI=1S/C16H22O2/c1-11(2)16(17)15(13-7-5-4-6-8-13)14-10-9-12(3)18-14/h9-11H,4-8H2,1-3H3. The van der Waals surface area contributed by atoms with E-state index in [0.717, 1.165) is 29.9 Å². The van der Waals surface area contributed by atoms with Crippen LogP contribution in [0.4, 0.5) is 0 Å². The predicted molar refractivity (Wildman–Crippen MR) is 73.3 cm³/mol. The number of hydrogen-bond donors (Lipinski definition) is 0. The van der Waals surface area contributed by atoms with Gasteiger partial charge in [-0.1, -0.05) is 25.8 Å². The van der Waals surface area contributed by atoms with Crippen LogP contribution in [0.15, 0.2) is 22.1 Å². The second-order valence-corrected chi connectivity index (χ2v) is 5.47. The topological polar surface area (TPSA) is 30.2 Å². The number of Topliss-reactive ketones (excluding diaryl/α,β-unsaturated/α-hetero) is 1. The maximum Gasteiger partial charge on any atom is 0.169 e. The van der Waals surface area contributed by atoms with Crippen LogP contribution in [-0.2, 0) is 4.79 Å².